The van der Waals surface area contributed by atoms with E-state index in [1.165, 1.54) is 7.05 Å². The summed E-state index contributed by atoms with van der Waals surface area (Å²) in [6.45, 7) is 1.69. The van der Waals surface area contributed by atoms with Crippen molar-refractivity contribution in [3.63, 3.8) is 0 Å². The van der Waals surface area contributed by atoms with Crippen molar-refractivity contribution in [2.75, 3.05) is 13.6 Å². The van der Waals surface area contributed by atoms with Crippen LogP contribution < -0.4 is 5.32 Å². The molecule has 2 amide bonds. The summed E-state index contributed by atoms with van der Waals surface area (Å²) >= 11 is 0. The fraction of sp³-hybridized carbons (Fsp3) is 0.909. The minimum atomic E-state index is -2.47. The maximum absolute atomic E-state index is 12.1. The highest BCUT2D eigenvalue weighted by atomic mass is 19.3. The van der Waals surface area contributed by atoms with Gasteiger partial charge < -0.3 is 10.2 Å². The minimum Gasteiger partial charge on any atom is -0.335 e. The lowest BCUT2D eigenvalue weighted by Crippen LogP contribution is -2.45. The van der Waals surface area contributed by atoms with Gasteiger partial charge in [0.05, 0.1) is 6.54 Å². The molecule has 0 saturated heterocycles. The van der Waals surface area contributed by atoms with Crippen molar-refractivity contribution in [1.29, 1.82) is 0 Å². The van der Waals surface area contributed by atoms with Gasteiger partial charge in [-0.2, -0.15) is 0 Å². The topological polar surface area (TPSA) is 32.3 Å². The van der Waals surface area contributed by atoms with E-state index in [9.17, 15) is 13.6 Å². The summed E-state index contributed by atoms with van der Waals surface area (Å²) in [7, 11) is 1.40. The molecule has 0 atom stereocenters. The first-order valence-corrected chi connectivity index (χ1v) is 5.78. The number of nitrogens with one attached hydrogen (secondary N) is 1. The summed E-state index contributed by atoms with van der Waals surface area (Å²) in [6, 6.07) is -0.233. The normalized spacial score (nSPS) is 25.6. The van der Waals surface area contributed by atoms with Crippen LogP contribution in [0.15, 0.2) is 0 Å². The molecule has 0 aromatic carbocycles. The number of urea groups is 1. The highest BCUT2D eigenvalue weighted by molar-refractivity contribution is 5.74. The Morgan fingerprint density at radius 3 is 2.44 bits per heavy atom. The third-order valence-corrected chi connectivity index (χ3v) is 3.10. The smallest absolute Gasteiger partial charge is 0.317 e. The van der Waals surface area contributed by atoms with E-state index in [0.717, 1.165) is 30.6 Å². The summed E-state index contributed by atoms with van der Waals surface area (Å²) in [6.07, 6.45) is 1.64. The van der Waals surface area contributed by atoms with Crippen molar-refractivity contribution in [2.24, 2.45) is 5.92 Å². The van der Waals surface area contributed by atoms with E-state index in [4.69, 9.17) is 0 Å². The monoisotopic (exact) mass is 234 g/mol. The quantitative estimate of drug-likeness (QED) is 0.799. The van der Waals surface area contributed by atoms with Gasteiger partial charge in [0, 0.05) is 13.1 Å². The van der Waals surface area contributed by atoms with E-state index >= 15 is 0 Å². The zero-order valence-corrected chi connectivity index (χ0v) is 9.88. The second kappa shape index (κ2) is 6.01. The molecule has 0 radical (unpaired) electrons. The number of hydrogen-bond acceptors (Lipinski definition) is 1. The summed E-state index contributed by atoms with van der Waals surface area (Å²) < 4.78 is 24.1. The van der Waals surface area contributed by atoms with Gasteiger partial charge in [0.25, 0.3) is 6.43 Å². The Balaban J connectivity index is 2.28. The number of carbonyl (C=O) groups is 1. The number of halogens is 2. The molecule has 0 aromatic heterocycles. The van der Waals surface area contributed by atoms with Crippen LogP contribution in [0, 0.1) is 5.92 Å². The van der Waals surface area contributed by atoms with Gasteiger partial charge in [-0.1, -0.05) is 6.92 Å². The molecule has 94 valence electrons. The van der Waals surface area contributed by atoms with Crippen LogP contribution in [0.25, 0.3) is 0 Å². The Kier molecular flexibility index (Phi) is 4.96. The van der Waals surface area contributed by atoms with Crippen LogP contribution in [0.1, 0.15) is 32.6 Å². The molecule has 0 unspecified atom stereocenters. The minimum absolute atomic E-state index is 0.156. The Hall–Kier alpha value is -0.870. The Labute approximate surface area is 95.2 Å². The van der Waals surface area contributed by atoms with Crippen molar-refractivity contribution >= 4 is 6.03 Å². The van der Waals surface area contributed by atoms with E-state index < -0.39 is 13.0 Å². The third-order valence-electron chi connectivity index (χ3n) is 3.10. The predicted molar refractivity (Wildman–Crippen MR) is 58.6 cm³/mol. The molecule has 1 aliphatic rings. The first-order valence-electron chi connectivity index (χ1n) is 5.78. The van der Waals surface area contributed by atoms with Crippen LogP contribution in [0.2, 0.25) is 0 Å². The molecule has 0 aliphatic heterocycles. The maximum Gasteiger partial charge on any atom is 0.317 e. The van der Waals surface area contributed by atoms with Crippen LogP contribution in [0.3, 0.4) is 0 Å². The molecule has 0 aromatic rings. The van der Waals surface area contributed by atoms with Gasteiger partial charge >= 0.3 is 6.03 Å². The summed E-state index contributed by atoms with van der Waals surface area (Å²) in [5.74, 6) is 0.715. The molecule has 1 fully saturated rings. The lowest BCUT2D eigenvalue weighted by molar-refractivity contribution is 0.106. The van der Waals surface area contributed by atoms with Gasteiger partial charge in [-0.25, -0.2) is 13.6 Å². The molecule has 0 spiro atoms. The molecule has 1 aliphatic carbocycles. The van der Waals surface area contributed by atoms with Crippen molar-refractivity contribution < 1.29 is 13.6 Å². The molecule has 5 heteroatoms. The number of carbonyl (C=O) groups excluding carboxylic acids is 1. The zero-order chi connectivity index (χ0) is 12.1. The average molecular weight is 234 g/mol. The lowest BCUT2D eigenvalue weighted by Gasteiger charge is -2.28. The maximum atomic E-state index is 12.1. The number of nitrogens with zero attached hydrogens (tertiary/aromatic N) is 1. The van der Waals surface area contributed by atoms with Crippen molar-refractivity contribution in [2.45, 2.75) is 45.1 Å². The first kappa shape index (κ1) is 13.2. The summed E-state index contributed by atoms with van der Waals surface area (Å²) in [4.78, 5) is 12.6. The van der Waals surface area contributed by atoms with Gasteiger partial charge in [-0.3, -0.25) is 0 Å². The largest absolute Gasteiger partial charge is 0.335 e. The molecular formula is C11H20F2N2O. The lowest BCUT2D eigenvalue weighted by atomic mass is 9.87. The Morgan fingerprint density at radius 2 is 1.94 bits per heavy atom. The molecule has 1 N–H and O–H groups in total. The molecule has 16 heavy (non-hydrogen) atoms. The summed E-state index contributed by atoms with van der Waals surface area (Å²) in [5.41, 5.74) is 0. The number of hydrogen-bond donors (Lipinski definition) is 1. The Bertz CT molecular complexity index is 228. The number of alkyl halides is 2. The van der Waals surface area contributed by atoms with E-state index in [1.54, 1.807) is 0 Å². The van der Waals surface area contributed by atoms with Crippen molar-refractivity contribution in [3.05, 3.63) is 0 Å². The number of rotatable bonds is 3. The van der Waals surface area contributed by atoms with Crippen LogP contribution >= 0.6 is 0 Å². The first-order chi connectivity index (χ1) is 7.49. The number of amides is 2. The van der Waals surface area contributed by atoms with Gasteiger partial charge in [0.1, 0.15) is 0 Å². The second-order valence-electron chi connectivity index (χ2n) is 4.68. The molecule has 3 nitrogen and oxygen atoms in total. The standard InChI is InChI=1S/C11H20F2N2O/c1-8-3-5-9(6-4-8)14-11(16)15(2)7-10(12)13/h8-10H,3-7H2,1-2H3,(H,14,16). The van der Waals surface area contributed by atoms with E-state index in [2.05, 4.69) is 12.2 Å². The fourth-order valence-electron chi connectivity index (χ4n) is 1.98. The van der Waals surface area contributed by atoms with Crippen molar-refractivity contribution in [3.8, 4) is 0 Å². The van der Waals surface area contributed by atoms with Crippen LogP contribution in [-0.4, -0.2) is 37.0 Å². The third kappa shape index (κ3) is 4.33. The highest BCUT2D eigenvalue weighted by Gasteiger charge is 2.21. The molecule has 1 rings (SSSR count). The van der Waals surface area contributed by atoms with Crippen LogP contribution in [0.5, 0.6) is 0 Å². The van der Waals surface area contributed by atoms with Crippen LogP contribution in [0.4, 0.5) is 13.6 Å². The van der Waals surface area contributed by atoms with Gasteiger partial charge in [-0.15, -0.1) is 0 Å². The summed E-state index contributed by atoms with van der Waals surface area (Å²) in [5, 5.41) is 2.80. The average Bonchev–Trinajstić information content (AvgIpc) is 2.20. The molecular weight excluding hydrogens is 214 g/mol. The molecule has 0 heterocycles. The zero-order valence-electron chi connectivity index (χ0n) is 9.88. The Morgan fingerprint density at radius 1 is 1.38 bits per heavy atom. The van der Waals surface area contributed by atoms with Gasteiger partial charge in [0.2, 0.25) is 0 Å². The second-order valence-corrected chi connectivity index (χ2v) is 4.68. The van der Waals surface area contributed by atoms with Crippen molar-refractivity contribution in [1.82, 2.24) is 10.2 Å². The fourth-order valence-corrected chi connectivity index (χ4v) is 1.98. The van der Waals surface area contributed by atoms with E-state index in [1.807, 2.05) is 0 Å². The molecule has 1 saturated carbocycles. The molecule has 0 bridgehead atoms. The highest BCUT2D eigenvalue weighted by Crippen LogP contribution is 2.23. The van der Waals surface area contributed by atoms with Gasteiger partial charge in [0.15, 0.2) is 0 Å². The van der Waals surface area contributed by atoms with E-state index in [-0.39, 0.29) is 12.1 Å². The van der Waals surface area contributed by atoms with Gasteiger partial charge in [-0.05, 0) is 31.6 Å². The van der Waals surface area contributed by atoms with E-state index in [0.29, 0.717) is 5.92 Å². The predicted octanol–water partition coefficient (Wildman–Crippen LogP) is 2.47. The SMILES string of the molecule is CC1CCC(NC(=O)N(C)CC(F)F)CC1. The van der Waals surface area contributed by atoms with Crippen LogP contribution in [-0.2, 0) is 0 Å².